The molecule has 0 aromatic heterocycles. The molecule has 1 unspecified atom stereocenters. The van der Waals surface area contributed by atoms with Crippen LogP contribution in [-0.2, 0) is 14.5 Å². The molecule has 0 rings (SSSR count). The second-order valence-electron chi connectivity index (χ2n) is 1.41. The second kappa shape index (κ2) is 5.49. The minimum atomic E-state index is -0.825. The molecule has 60 valence electrons. The molecule has 0 saturated heterocycles. The highest BCUT2D eigenvalue weighted by atomic mass is 79.9. The highest BCUT2D eigenvalue weighted by Crippen LogP contribution is 2.00. The number of hydrogen-bond donors (Lipinski definition) is 0. The zero-order valence-corrected chi connectivity index (χ0v) is 7.38. The molecular formula is C5H9BrO4. The Bertz CT molecular complexity index is 104. The molecule has 0 bridgehead atoms. The van der Waals surface area contributed by atoms with Gasteiger partial charge in [-0.1, -0.05) is 15.9 Å². The quantitative estimate of drug-likeness (QED) is 0.310. The number of rotatable bonds is 3. The maximum Gasteiger partial charge on any atom is 0.540 e. The highest BCUT2D eigenvalue weighted by molar-refractivity contribution is 9.09. The van der Waals surface area contributed by atoms with Gasteiger partial charge in [-0.05, 0) is 13.8 Å². The van der Waals surface area contributed by atoms with Crippen molar-refractivity contribution < 1.29 is 19.3 Å². The lowest BCUT2D eigenvalue weighted by molar-refractivity contribution is -0.259. The molecule has 0 heterocycles. The van der Waals surface area contributed by atoms with Crippen LogP contribution >= 0.6 is 15.9 Å². The Morgan fingerprint density at radius 1 is 1.70 bits per heavy atom. The van der Waals surface area contributed by atoms with E-state index >= 15 is 0 Å². The molecule has 10 heavy (non-hydrogen) atoms. The van der Waals surface area contributed by atoms with Crippen molar-refractivity contribution in [3.05, 3.63) is 0 Å². The topological polar surface area (TPSA) is 44.8 Å². The van der Waals surface area contributed by atoms with Gasteiger partial charge in [0.2, 0.25) is 0 Å². The number of alkyl halides is 1. The average Bonchev–Trinajstić information content (AvgIpc) is 1.85. The van der Waals surface area contributed by atoms with E-state index in [0.29, 0.717) is 0 Å². The van der Waals surface area contributed by atoms with Crippen molar-refractivity contribution in [1.82, 2.24) is 0 Å². The van der Waals surface area contributed by atoms with Crippen molar-refractivity contribution in [2.75, 3.05) is 6.61 Å². The van der Waals surface area contributed by atoms with Crippen LogP contribution in [0.4, 0.5) is 4.79 Å². The van der Waals surface area contributed by atoms with Gasteiger partial charge in [0.1, 0.15) is 0 Å². The summed E-state index contributed by atoms with van der Waals surface area (Å²) in [7, 11) is 0. The molecule has 0 aliphatic carbocycles. The molecule has 1 atom stereocenters. The standard InChI is InChI=1S/C5H9BrO4/c1-3-8-5(7)10-9-4(2)6/h4H,3H2,1-2H3. The summed E-state index contributed by atoms with van der Waals surface area (Å²) in [5.41, 5.74) is 0. The number of ether oxygens (including phenoxy) is 1. The van der Waals surface area contributed by atoms with Crippen LogP contribution in [0.5, 0.6) is 0 Å². The lowest BCUT2D eigenvalue weighted by Crippen LogP contribution is -2.10. The molecule has 0 fully saturated rings. The monoisotopic (exact) mass is 212 g/mol. The van der Waals surface area contributed by atoms with Gasteiger partial charge >= 0.3 is 6.16 Å². The third-order valence-corrected chi connectivity index (χ3v) is 0.664. The largest absolute Gasteiger partial charge is 0.540 e. The molecule has 0 radical (unpaired) electrons. The first-order valence-corrected chi connectivity index (χ1v) is 3.72. The third-order valence-electron chi connectivity index (χ3n) is 0.511. The van der Waals surface area contributed by atoms with Gasteiger partial charge in [0.25, 0.3) is 0 Å². The van der Waals surface area contributed by atoms with Crippen molar-refractivity contribution in [2.24, 2.45) is 0 Å². The Balaban J connectivity index is 3.22. The van der Waals surface area contributed by atoms with E-state index in [4.69, 9.17) is 0 Å². The first kappa shape index (κ1) is 9.71. The molecule has 0 aliphatic heterocycles. The SMILES string of the molecule is CCOC(=O)OOC(C)Br. The van der Waals surface area contributed by atoms with Crippen molar-refractivity contribution in [1.29, 1.82) is 0 Å². The van der Waals surface area contributed by atoms with Crippen LogP contribution in [0.15, 0.2) is 0 Å². The Labute approximate surface area is 67.5 Å². The van der Waals surface area contributed by atoms with Crippen molar-refractivity contribution >= 4 is 22.1 Å². The molecule has 0 aromatic carbocycles. The molecule has 5 heteroatoms. The molecule has 0 spiro atoms. The van der Waals surface area contributed by atoms with Crippen molar-refractivity contribution in [3.8, 4) is 0 Å². The average molecular weight is 213 g/mol. The molecule has 0 amide bonds. The van der Waals surface area contributed by atoms with Gasteiger partial charge in [-0.25, -0.2) is 4.79 Å². The third kappa shape index (κ3) is 5.84. The van der Waals surface area contributed by atoms with Crippen LogP contribution in [0.3, 0.4) is 0 Å². The van der Waals surface area contributed by atoms with Gasteiger partial charge in [0.05, 0.1) is 6.61 Å². The maximum absolute atomic E-state index is 10.4. The van der Waals surface area contributed by atoms with Gasteiger partial charge in [-0.3, -0.25) is 4.89 Å². The molecular weight excluding hydrogens is 204 g/mol. The predicted octanol–water partition coefficient (Wildman–Crippen LogP) is 1.83. The summed E-state index contributed by atoms with van der Waals surface area (Å²) in [6, 6.07) is 0. The molecule has 0 saturated carbocycles. The fraction of sp³-hybridized carbons (Fsp3) is 0.800. The summed E-state index contributed by atoms with van der Waals surface area (Å²) in [5, 5.41) is -0.322. The first-order valence-electron chi connectivity index (χ1n) is 2.81. The summed E-state index contributed by atoms with van der Waals surface area (Å²) >= 11 is 3.00. The van der Waals surface area contributed by atoms with Gasteiger partial charge in [0.15, 0.2) is 5.01 Å². The Kier molecular flexibility index (Phi) is 5.33. The first-order chi connectivity index (χ1) is 4.66. The maximum atomic E-state index is 10.4. The minimum Gasteiger partial charge on any atom is -0.433 e. The molecule has 0 aromatic rings. The molecule has 0 N–H and O–H groups in total. The fourth-order valence-electron chi connectivity index (χ4n) is 0.247. The number of hydrogen-bond acceptors (Lipinski definition) is 4. The van der Waals surface area contributed by atoms with Gasteiger partial charge < -0.3 is 4.74 Å². The van der Waals surface area contributed by atoms with E-state index in [-0.39, 0.29) is 11.6 Å². The summed E-state index contributed by atoms with van der Waals surface area (Å²) in [6.07, 6.45) is -0.825. The predicted molar refractivity (Wildman–Crippen MR) is 37.6 cm³/mol. The van der Waals surface area contributed by atoms with Gasteiger partial charge in [0, 0.05) is 0 Å². The van der Waals surface area contributed by atoms with Crippen LogP contribution in [0.1, 0.15) is 13.8 Å². The minimum absolute atomic E-state index is 0.277. The molecule has 0 aliphatic rings. The smallest absolute Gasteiger partial charge is 0.433 e. The van der Waals surface area contributed by atoms with Crippen LogP contribution in [-0.4, -0.2) is 17.8 Å². The molecule has 4 nitrogen and oxygen atoms in total. The van der Waals surface area contributed by atoms with Crippen LogP contribution in [0.25, 0.3) is 0 Å². The van der Waals surface area contributed by atoms with Crippen molar-refractivity contribution in [2.45, 2.75) is 18.9 Å². The van der Waals surface area contributed by atoms with Gasteiger partial charge in [-0.2, -0.15) is 4.89 Å². The highest BCUT2D eigenvalue weighted by Gasteiger charge is 2.04. The van der Waals surface area contributed by atoms with E-state index in [1.54, 1.807) is 13.8 Å². The van der Waals surface area contributed by atoms with E-state index in [1.807, 2.05) is 0 Å². The summed E-state index contributed by atoms with van der Waals surface area (Å²) in [6.45, 7) is 3.62. The zero-order chi connectivity index (χ0) is 7.98. The number of carbonyl (C=O) groups is 1. The van der Waals surface area contributed by atoms with Gasteiger partial charge in [-0.15, -0.1) is 0 Å². The Morgan fingerprint density at radius 2 is 2.30 bits per heavy atom. The summed E-state index contributed by atoms with van der Waals surface area (Å²) in [4.78, 5) is 18.9. The van der Waals surface area contributed by atoms with Crippen LogP contribution < -0.4 is 0 Å². The van der Waals surface area contributed by atoms with E-state index < -0.39 is 6.16 Å². The zero-order valence-electron chi connectivity index (χ0n) is 5.80. The summed E-state index contributed by atoms with van der Waals surface area (Å²) < 4.78 is 4.39. The summed E-state index contributed by atoms with van der Waals surface area (Å²) in [5.74, 6) is 0. The van der Waals surface area contributed by atoms with E-state index in [1.165, 1.54) is 0 Å². The van der Waals surface area contributed by atoms with E-state index in [9.17, 15) is 4.79 Å². The normalized spacial score (nSPS) is 12.3. The Morgan fingerprint density at radius 3 is 2.70 bits per heavy atom. The second-order valence-corrected chi connectivity index (χ2v) is 2.70. The van der Waals surface area contributed by atoms with Crippen molar-refractivity contribution in [3.63, 3.8) is 0 Å². The van der Waals surface area contributed by atoms with Crippen LogP contribution in [0.2, 0.25) is 0 Å². The Hall–Kier alpha value is -0.290. The number of halogens is 1. The van der Waals surface area contributed by atoms with E-state index in [2.05, 4.69) is 30.4 Å². The lowest BCUT2D eigenvalue weighted by atomic mass is 10.9. The number of carbonyl (C=O) groups excluding carboxylic acids is 1. The van der Waals surface area contributed by atoms with E-state index in [0.717, 1.165) is 0 Å². The lowest BCUT2D eigenvalue weighted by Gasteiger charge is -2.03. The van der Waals surface area contributed by atoms with Crippen LogP contribution in [0, 0.1) is 0 Å². The fourth-order valence-corrected chi connectivity index (χ4v) is 0.324.